The van der Waals surface area contributed by atoms with Gasteiger partial charge in [-0.3, -0.25) is 0 Å². The lowest BCUT2D eigenvalue weighted by molar-refractivity contribution is 0.380. The maximum Gasteiger partial charge on any atom is 0.200 e. The highest BCUT2D eigenvalue weighted by Gasteiger charge is 2.28. The van der Waals surface area contributed by atoms with Crippen LogP contribution in [0.4, 0.5) is 30.7 Å². The van der Waals surface area contributed by atoms with Crippen molar-refractivity contribution >= 4 is 0 Å². The van der Waals surface area contributed by atoms with Crippen molar-refractivity contribution in [2.75, 3.05) is 0 Å². The fourth-order valence-electron chi connectivity index (χ4n) is 1.58. The average Bonchev–Trinajstić information content (AvgIpc) is 2.40. The van der Waals surface area contributed by atoms with Crippen LogP contribution < -0.4 is 0 Å². The predicted molar refractivity (Wildman–Crippen MR) is 53.2 cm³/mol. The van der Waals surface area contributed by atoms with Gasteiger partial charge in [-0.1, -0.05) is 0 Å². The third-order valence-corrected chi connectivity index (χ3v) is 2.52. The molecule has 0 bridgehead atoms. The molecule has 20 heavy (non-hydrogen) atoms. The Kier molecular flexibility index (Phi) is 3.33. The Bertz CT molecular complexity index is 683. The van der Waals surface area contributed by atoms with Gasteiger partial charge in [0.15, 0.2) is 34.9 Å². The van der Waals surface area contributed by atoms with Gasteiger partial charge in [0, 0.05) is 11.6 Å². The van der Waals surface area contributed by atoms with Crippen molar-refractivity contribution in [2.45, 2.75) is 0 Å². The van der Waals surface area contributed by atoms with Crippen molar-refractivity contribution in [2.24, 2.45) is 0 Å². The van der Waals surface area contributed by atoms with E-state index >= 15 is 0 Å². The molecular weight excluding hydrogens is 293 g/mol. The number of halogens is 7. The molecule has 0 unspecified atom stereocenters. The largest absolute Gasteiger partial charge is 0.507 e. The zero-order valence-corrected chi connectivity index (χ0v) is 9.25. The van der Waals surface area contributed by atoms with Crippen LogP contribution in [0.2, 0.25) is 0 Å². The minimum absolute atomic E-state index is 0.128. The molecule has 0 radical (unpaired) electrons. The van der Waals surface area contributed by atoms with Crippen molar-refractivity contribution in [1.29, 1.82) is 0 Å². The van der Waals surface area contributed by atoms with E-state index in [9.17, 15) is 35.8 Å². The molecule has 1 nitrogen and oxygen atoms in total. The van der Waals surface area contributed by atoms with E-state index in [0.29, 0.717) is 0 Å². The third-order valence-electron chi connectivity index (χ3n) is 2.52. The third kappa shape index (κ3) is 1.97. The summed E-state index contributed by atoms with van der Waals surface area (Å²) in [5.74, 6) is -15.8. The number of hydrogen-bond acceptors (Lipinski definition) is 1. The van der Waals surface area contributed by atoms with E-state index in [4.69, 9.17) is 0 Å². The summed E-state index contributed by atoms with van der Waals surface area (Å²) >= 11 is 0. The van der Waals surface area contributed by atoms with Gasteiger partial charge in [0.1, 0.15) is 5.75 Å². The minimum atomic E-state index is -2.40. The summed E-state index contributed by atoms with van der Waals surface area (Å²) < 4.78 is 91.5. The summed E-state index contributed by atoms with van der Waals surface area (Å²) in [5, 5.41) is 9.29. The SMILES string of the molecule is Oc1cc(F)c(F)cc1-c1c(F)c(F)c(F)c(F)c1F. The lowest BCUT2D eigenvalue weighted by Crippen LogP contribution is -2.04. The first-order valence-corrected chi connectivity index (χ1v) is 4.95. The molecule has 0 heterocycles. The highest BCUT2D eigenvalue weighted by molar-refractivity contribution is 5.71. The quantitative estimate of drug-likeness (QED) is 0.478. The van der Waals surface area contributed by atoms with Gasteiger partial charge in [0.05, 0.1) is 5.56 Å². The standard InChI is InChI=1S/C12H3F7O/c13-4-1-3(6(20)2-5(4)14)7-8(15)10(17)12(19)11(18)9(7)16/h1-2,20H. The van der Waals surface area contributed by atoms with E-state index in [1.54, 1.807) is 0 Å². The summed E-state index contributed by atoms with van der Waals surface area (Å²) in [5.41, 5.74) is -2.60. The van der Waals surface area contributed by atoms with E-state index in [0.717, 1.165) is 0 Å². The molecule has 1 N–H and O–H groups in total. The van der Waals surface area contributed by atoms with Crippen LogP contribution in [0.3, 0.4) is 0 Å². The molecule has 0 atom stereocenters. The second kappa shape index (κ2) is 4.69. The summed E-state index contributed by atoms with van der Waals surface area (Å²) in [4.78, 5) is 0. The molecule has 0 saturated carbocycles. The number of hydrogen-bond donors (Lipinski definition) is 1. The molecule has 8 heteroatoms. The molecule has 0 aromatic heterocycles. The molecule has 0 aliphatic rings. The maximum atomic E-state index is 13.5. The van der Waals surface area contributed by atoms with Crippen LogP contribution in [-0.2, 0) is 0 Å². The number of benzene rings is 2. The molecule has 0 fully saturated rings. The monoisotopic (exact) mass is 296 g/mol. The zero-order valence-electron chi connectivity index (χ0n) is 9.25. The topological polar surface area (TPSA) is 20.2 Å². The number of phenols is 1. The van der Waals surface area contributed by atoms with Crippen LogP contribution in [0.1, 0.15) is 0 Å². The first-order chi connectivity index (χ1) is 9.25. The van der Waals surface area contributed by atoms with E-state index in [1.807, 2.05) is 0 Å². The van der Waals surface area contributed by atoms with E-state index in [-0.39, 0.29) is 12.1 Å². The van der Waals surface area contributed by atoms with E-state index < -0.39 is 57.6 Å². The lowest BCUT2D eigenvalue weighted by Gasteiger charge is -2.10. The van der Waals surface area contributed by atoms with Crippen LogP contribution in [0.5, 0.6) is 5.75 Å². The average molecular weight is 296 g/mol. The lowest BCUT2D eigenvalue weighted by atomic mass is 10.0. The molecule has 0 saturated heterocycles. The Morgan fingerprint density at radius 2 is 1.00 bits per heavy atom. The minimum Gasteiger partial charge on any atom is -0.507 e. The Hall–Kier alpha value is -2.25. The second-order valence-electron chi connectivity index (χ2n) is 3.73. The number of aromatic hydroxyl groups is 1. The van der Waals surface area contributed by atoms with Crippen LogP contribution in [0.25, 0.3) is 11.1 Å². The Balaban J connectivity index is 2.87. The van der Waals surface area contributed by atoms with E-state index in [1.165, 1.54) is 0 Å². The van der Waals surface area contributed by atoms with Gasteiger partial charge in [-0.05, 0) is 6.07 Å². The molecule has 0 amide bonds. The molecule has 2 rings (SSSR count). The van der Waals surface area contributed by atoms with Crippen LogP contribution >= 0.6 is 0 Å². The first-order valence-electron chi connectivity index (χ1n) is 4.95. The highest BCUT2D eigenvalue weighted by atomic mass is 19.2. The number of rotatable bonds is 1. The fraction of sp³-hybridized carbons (Fsp3) is 0. The van der Waals surface area contributed by atoms with Crippen molar-refractivity contribution < 1.29 is 35.8 Å². The zero-order chi connectivity index (χ0) is 15.2. The normalized spacial score (nSPS) is 10.9. The van der Waals surface area contributed by atoms with Gasteiger partial charge in [-0.15, -0.1) is 0 Å². The molecule has 0 aliphatic heterocycles. The van der Waals surface area contributed by atoms with Crippen LogP contribution in [0.15, 0.2) is 12.1 Å². The molecule has 2 aromatic carbocycles. The Morgan fingerprint density at radius 3 is 1.50 bits per heavy atom. The first kappa shape index (κ1) is 14.2. The molecular formula is C12H3F7O. The van der Waals surface area contributed by atoms with Gasteiger partial charge in [0.2, 0.25) is 5.82 Å². The van der Waals surface area contributed by atoms with Crippen molar-refractivity contribution in [3.63, 3.8) is 0 Å². The summed E-state index contributed by atoms with van der Waals surface area (Å²) in [7, 11) is 0. The molecule has 0 spiro atoms. The van der Waals surface area contributed by atoms with Gasteiger partial charge >= 0.3 is 0 Å². The predicted octanol–water partition coefficient (Wildman–Crippen LogP) is 4.03. The van der Waals surface area contributed by atoms with Crippen molar-refractivity contribution in [3.8, 4) is 16.9 Å². The summed E-state index contributed by atoms with van der Waals surface area (Å²) in [6.07, 6.45) is 0. The van der Waals surface area contributed by atoms with Gasteiger partial charge < -0.3 is 5.11 Å². The highest BCUT2D eigenvalue weighted by Crippen LogP contribution is 2.37. The Morgan fingerprint density at radius 1 is 0.600 bits per heavy atom. The second-order valence-corrected chi connectivity index (χ2v) is 3.73. The molecule has 2 aromatic rings. The summed E-state index contributed by atoms with van der Waals surface area (Å²) in [6, 6.07) is 0.283. The van der Waals surface area contributed by atoms with Gasteiger partial charge in [0.25, 0.3) is 0 Å². The van der Waals surface area contributed by atoms with Crippen molar-refractivity contribution in [1.82, 2.24) is 0 Å². The fourth-order valence-corrected chi connectivity index (χ4v) is 1.58. The van der Waals surface area contributed by atoms with E-state index in [2.05, 4.69) is 0 Å². The maximum absolute atomic E-state index is 13.5. The van der Waals surface area contributed by atoms with Crippen LogP contribution in [0, 0.1) is 40.7 Å². The van der Waals surface area contributed by atoms with Gasteiger partial charge in [-0.25, -0.2) is 30.7 Å². The smallest absolute Gasteiger partial charge is 0.200 e. The number of phenolic OH excluding ortho intramolecular Hbond substituents is 1. The summed E-state index contributed by atoms with van der Waals surface area (Å²) in [6.45, 7) is 0. The van der Waals surface area contributed by atoms with Crippen LogP contribution in [-0.4, -0.2) is 5.11 Å². The molecule has 0 aliphatic carbocycles. The Labute approximate surface area is 106 Å². The van der Waals surface area contributed by atoms with Crippen molar-refractivity contribution in [3.05, 3.63) is 52.9 Å². The molecule has 106 valence electrons. The van der Waals surface area contributed by atoms with Gasteiger partial charge in [-0.2, -0.15) is 0 Å².